The van der Waals surface area contributed by atoms with Crippen LogP contribution >= 0.6 is 0 Å². The van der Waals surface area contributed by atoms with Crippen molar-refractivity contribution in [1.82, 2.24) is 4.31 Å². The quantitative estimate of drug-likeness (QED) is 0.430. The molecule has 2 aliphatic heterocycles. The Hall–Kier alpha value is -4.25. The van der Waals surface area contributed by atoms with Crippen molar-refractivity contribution in [3.8, 4) is 0 Å². The average molecular weight is 492 g/mol. The number of nitrogens with zero attached hydrogens (tertiary/aromatic N) is 4. The molecule has 1 amide bonds. The number of carbonyl (C=O) groups excluding carboxylic acids is 1. The summed E-state index contributed by atoms with van der Waals surface area (Å²) in [5.74, 6) is -0.370. The SMILES string of the molecule is NC1=NC(c2ccccc2)CN1S(=O)(=O)c1ccc2c(c1)CCN2C(=O)c1ccc([N+](=O)[O-])cc1. The number of guanidine groups is 1. The van der Waals surface area contributed by atoms with E-state index < -0.39 is 14.9 Å². The second-order valence-electron chi connectivity index (χ2n) is 8.25. The normalized spacial score (nSPS) is 17.3. The van der Waals surface area contributed by atoms with Crippen LogP contribution in [0, 0.1) is 10.1 Å². The number of fused-ring (bicyclic) bond motifs is 1. The lowest BCUT2D eigenvalue weighted by atomic mass is 10.1. The van der Waals surface area contributed by atoms with Crippen molar-refractivity contribution in [2.75, 3.05) is 18.0 Å². The van der Waals surface area contributed by atoms with Crippen LogP contribution in [-0.4, -0.2) is 42.6 Å². The number of rotatable bonds is 5. The molecule has 2 heterocycles. The molecule has 0 aromatic heterocycles. The van der Waals surface area contributed by atoms with Crippen molar-refractivity contribution in [2.45, 2.75) is 17.4 Å². The highest BCUT2D eigenvalue weighted by Gasteiger charge is 2.36. The second kappa shape index (κ2) is 8.51. The van der Waals surface area contributed by atoms with Crippen molar-refractivity contribution in [3.63, 3.8) is 0 Å². The number of hydrogen-bond acceptors (Lipinski definition) is 7. The predicted molar refractivity (Wildman–Crippen MR) is 130 cm³/mol. The van der Waals surface area contributed by atoms with Gasteiger partial charge in [0.25, 0.3) is 21.6 Å². The number of carbonyl (C=O) groups is 1. The maximum absolute atomic E-state index is 13.4. The van der Waals surface area contributed by atoms with Crippen LogP contribution in [0.4, 0.5) is 11.4 Å². The fraction of sp³-hybridized carbons (Fsp3) is 0.167. The van der Waals surface area contributed by atoms with E-state index in [9.17, 15) is 23.3 Å². The number of nitrogens with two attached hydrogens (primary N) is 1. The first-order valence-electron chi connectivity index (χ1n) is 10.9. The Bertz CT molecular complexity index is 1460. The molecule has 0 saturated heterocycles. The number of hydrogen-bond donors (Lipinski definition) is 1. The van der Waals surface area contributed by atoms with Crippen molar-refractivity contribution in [1.29, 1.82) is 0 Å². The molecule has 35 heavy (non-hydrogen) atoms. The van der Waals surface area contributed by atoms with Gasteiger partial charge in [-0.2, -0.15) is 0 Å². The molecule has 5 rings (SSSR count). The lowest BCUT2D eigenvalue weighted by molar-refractivity contribution is -0.384. The summed E-state index contributed by atoms with van der Waals surface area (Å²) in [4.78, 5) is 29.3. The first-order chi connectivity index (χ1) is 16.8. The molecule has 2 aliphatic rings. The highest BCUT2D eigenvalue weighted by atomic mass is 32.2. The predicted octanol–water partition coefficient (Wildman–Crippen LogP) is 2.86. The molecule has 3 aromatic carbocycles. The second-order valence-corrected chi connectivity index (χ2v) is 10.1. The summed E-state index contributed by atoms with van der Waals surface area (Å²) in [5, 5.41) is 10.9. The van der Waals surface area contributed by atoms with Crippen molar-refractivity contribution >= 4 is 33.3 Å². The molecule has 0 aliphatic carbocycles. The average Bonchev–Trinajstić information content (AvgIpc) is 3.48. The Kier molecular flexibility index (Phi) is 5.48. The smallest absolute Gasteiger partial charge is 0.269 e. The first kappa shape index (κ1) is 22.5. The molecule has 0 saturated carbocycles. The summed E-state index contributed by atoms with van der Waals surface area (Å²) in [6.45, 7) is 0.484. The largest absolute Gasteiger partial charge is 0.369 e. The van der Waals surface area contributed by atoms with Crippen LogP contribution in [0.2, 0.25) is 0 Å². The van der Waals surface area contributed by atoms with E-state index in [0.29, 0.717) is 24.2 Å². The Morgan fingerprint density at radius 3 is 2.46 bits per heavy atom. The third-order valence-electron chi connectivity index (χ3n) is 6.17. The van der Waals surface area contributed by atoms with E-state index in [-0.39, 0.29) is 35.0 Å². The van der Waals surface area contributed by atoms with Gasteiger partial charge in [0, 0.05) is 29.9 Å². The van der Waals surface area contributed by atoms with Gasteiger partial charge >= 0.3 is 0 Å². The minimum Gasteiger partial charge on any atom is -0.369 e. The summed E-state index contributed by atoms with van der Waals surface area (Å²) in [6.07, 6.45) is 0.480. The number of sulfonamides is 1. The van der Waals surface area contributed by atoms with Gasteiger partial charge in [-0.25, -0.2) is 17.7 Å². The molecule has 0 bridgehead atoms. The van der Waals surface area contributed by atoms with E-state index in [1.807, 2.05) is 30.3 Å². The van der Waals surface area contributed by atoms with E-state index in [2.05, 4.69) is 4.99 Å². The minimum absolute atomic E-state index is 0.0608. The zero-order valence-electron chi connectivity index (χ0n) is 18.4. The highest BCUT2D eigenvalue weighted by molar-refractivity contribution is 7.89. The Labute approximate surface area is 201 Å². The van der Waals surface area contributed by atoms with Crippen LogP contribution < -0.4 is 10.6 Å². The van der Waals surface area contributed by atoms with Gasteiger partial charge in [0.1, 0.15) is 0 Å². The lowest BCUT2D eigenvalue weighted by Gasteiger charge is -2.20. The molecule has 10 nitrogen and oxygen atoms in total. The summed E-state index contributed by atoms with van der Waals surface area (Å²) in [5.41, 5.74) is 8.42. The van der Waals surface area contributed by atoms with Gasteiger partial charge in [-0.3, -0.25) is 14.9 Å². The Balaban J connectivity index is 1.38. The van der Waals surface area contributed by atoms with Gasteiger partial charge in [0.05, 0.1) is 22.4 Å². The van der Waals surface area contributed by atoms with Crippen molar-refractivity contribution in [3.05, 3.63) is 99.6 Å². The topological polar surface area (TPSA) is 139 Å². The number of non-ortho nitro benzene ring substituents is 1. The van der Waals surface area contributed by atoms with Crippen LogP contribution in [0.3, 0.4) is 0 Å². The Morgan fingerprint density at radius 2 is 1.77 bits per heavy atom. The fourth-order valence-electron chi connectivity index (χ4n) is 4.35. The third kappa shape index (κ3) is 3.99. The summed E-state index contributed by atoms with van der Waals surface area (Å²) >= 11 is 0. The molecule has 2 N–H and O–H groups in total. The van der Waals surface area contributed by atoms with Gasteiger partial charge in [-0.1, -0.05) is 30.3 Å². The number of amides is 1. The number of benzene rings is 3. The summed E-state index contributed by atoms with van der Waals surface area (Å²) < 4.78 is 27.9. The monoisotopic (exact) mass is 491 g/mol. The van der Waals surface area contributed by atoms with E-state index in [4.69, 9.17) is 5.73 Å². The van der Waals surface area contributed by atoms with Crippen LogP contribution in [0.1, 0.15) is 27.5 Å². The van der Waals surface area contributed by atoms with Gasteiger partial charge in [-0.05, 0) is 47.9 Å². The number of anilines is 1. The number of aliphatic imine (C=N–C) groups is 1. The summed E-state index contributed by atoms with van der Waals surface area (Å²) in [6, 6.07) is 19.0. The van der Waals surface area contributed by atoms with Gasteiger partial charge in [0.2, 0.25) is 5.96 Å². The third-order valence-corrected chi connectivity index (χ3v) is 7.94. The van der Waals surface area contributed by atoms with Crippen molar-refractivity contribution < 1.29 is 18.1 Å². The fourth-order valence-corrected chi connectivity index (χ4v) is 5.77. The molecule has 0 radical (unpaired) electrons. The molecule has 0 fully saturated rings. The van der Waals surface area contributed by atoms with Crippen LogP contribution in [0.25, 0.3) is 0 Å². The van der Waals surface area contributed by atoms with Gasteiger partial charge in [-0.15, -0.1) is 0 Å². The molecule has 1 atom stereocenters. The molecular formula is C24H21N5O5S. The molecule has 11 heteroatoms. The molecule has 0 spiro atoms. The summed E-state index contributed by atoms with van der Waals surface area (Å²) in [7, 11) is -3.94. The van der Waals surface area contributed by atoms with Gasteiger partial charge in [0.15, 0.2) is 0 Å². The van der Waals surface area contributed by atoms with Crippen molar-refractivity contribution in [2.24, 2.45) is 10.7 Å². The van der Waals surface area contributed by atoms with Crippen LogP contribution in [0.15, 0.2) is 82.7 Å². The molecule has 178 valence electrons. The molecule has 1 unspecified atom stereocenters. The maximum atomic E-state index is 13.4. The minimum atomic E-state index is -3.94. The van der Waals surface area contributed by atoms with E-state index in [0.717, 1.165) is 15.4 Å². The molecule has 3 aromatic rings. The number of nitro benzene ring substituents is 1. The zero-order valence-corrected chi connectivity index (χ0v) is 19.3. The first-order valence-corrected chi connectivity index (χ1v) is 12.3. The van der Waals surface area contributed by atoms with Gasteiger partial charge < -0.3 is 10.6 Å². The lowest BCUT2D eigenvalue weighted by Crippen LogP contribution is -2.39. The molecular weight excluding hydrogens is 470 g/mol. The number of nitro groups is 1. The van der Waals surface area contributed by atoms with E-state index >= 15 is 0 Å². The van der Waals surface area contributed by atoms with E-state index in [1.54, 1.807) is 17.0 Å². The van der Waals surface area contributed by atoms with Crippen LogP contribution in [0.5, 0.6) is 0 Å². The Morgan fingerprint density at radius 1 is 1.06 bits per heavy atom. The standard InChI is InChI=1S/C24H21N5O5S/c25-24-26-21(16-4-2-1-3-5-16)15-28(24)35(33,34)20-10-11-22-18(14-20)12-13-27(22)23(30)17-6-8-19(9-7-17)29(31)32/h1-11,14,21H,12-13,15H2,(H2,25,26). The zero-order chi connectivity index (χ0) is 24.7. The maximum Gasteiger partial charge on any atom is 0.269 e. The highest BCUT2D eigenvalue weighted by Crippen LogP contribution is 2.34. The van der Waals surface area contributed by atoms with Crippen LogP contribution in [-0.2, 0) is 16.4 Å². The van der Waals surface area contributed by atoms with E-state index in [1.165, 1.54) is 30.3 Å².